The number of ether oxygens (including phenoxy) is 1. The summed E-state index contributed by atoms with van der Waals surface area (Å²) < 4.78 is 7.12. The van der Waals surface area contributed by atoms with Crippen molar-refractivity contribution in [3.05, 3.63) is 106 Å². The Kier molecular flexibility index (Phi) is 6.11. The van der Waals surface area contributed by atoms with Crippen molar-refractivity contribution in [1.29, 1.82) is 5.26 Å². The number of hydrogen-bond acceptors (Lipinski definition) is 4. The zero-order valence-electron chi connectivity index (χ0n) is 17.2. The molecule has 0 atom stereocenters. The molecule has 0 saturated heterocycles. The van der Waals surface area contributed by atoms with Gasteiger partial charge in [-0.1, -0.05) is 54.5 Å². The van der Waals surface area contributed by atoms with E-state index in [0.29, 0.717) is 34.6 Å². The summed E-state index contributed by atoms with van der Waals surface area (Å²) in [5.74, 6) is 3.49. The third-order valence-corrected chi connectivity index (χ3v) is 4.93. The Bertz CT molecular complexity index is 1420. The van der Waals surface area contributed by atoms with Gasteiger partial charge in [0.2, 0.25) is 0 Å². The van der Waals surface area contributed by atoms with Crippen molar-refractivity contribution in [1.82, 2.24) is 9.55 Å². The summed E-state index contributed by atoms with van der Waals surface area (Å²) in [7, 11) is 0. The van der Waals surface area contributed by atoms with Gasteiger partial charge in [0, 0.05) is 0 Å². The van der Waals surface area contributed by atoms with E-state index in [9.17, 15) is 4.79 Å². The molecule has 0 aliphatic carbocycles. The maximum atomic E-state index is 13.4. The van der Waals surface area contributed by atoms with E-state index in [0.717, 1.165) is 11.1 Å². The van der Waals surface area contributed by atoms with Crippen molar-refractivity contribution in [3.63, 3.8) is 0 Å². The second kappa shape index (κ2) is 9.47. The molecule has 0 radical (unpaired) electrons. The number of hydrogen-bond donors (Lipinski definition) is 0. The van der Waals surface area contributed by atoms with Crippen LogP contribution in [0.15, 0.2) is 77.6 Å². The normalized spacial score (nSPS) is 10.7. The molecule has 0 spiro atoms. The molecule has 1 aromatic heterocycles. The van der Waals surface area contributed by atoms with Crippen LogP contribution >= 0.6 is 0 Å². The minimum atomic E-state index is -0.163. The van der Waals surface area contributed by atoms with Gasteiger partial charge < -0.3 is 4.74 Å². The van der Waals surface area contributed by atoms with Crippen molar-refractivity contribution < 1.29 is 4.74 Å². The average molecular weight is 417 g/mol. The van der Waals surface area contributed by atoms with E-state index in [2.05, 4.69) is 12.0 Å². The molecule has 32 heavy (non-hydrogen) atoms. The van der Waals surface area contributed by atoms with Gasteiger partial charge in [-0.05, 0) is 47.5 Å². The summed E-state index contributed by atoms with van der Waals surface area (Å²) in [5, 5.41) is 9.44. The van der Waals surface area contributed by atoms with Gasteiger partial charge in [0.05, 0.1) is 29.1 Å². The zero-order chi connectivity index (χ0) is 22.3. The number of aromatic nitrogens is 2. The van der Waals surface area contributed by atoms with Gasteiger partial charge in [0.15, 0.2) is 0 Å². The van der Waals surface area contributed by atoms with E-state index in [-0.39, 0.29) is 12.2 Å². The first-order chi connectivity index (χ1) is 15.7. The predicted molar refractivity (Wildman–Crippen MR) is 126 cm³/mol. The molecule has 0 bridgehead atoms. The van der Waals surface area contributed by atoms with Crippen LogP contribution in [0.25, 0.3) is 23.1 Å². The maximum absolute atomic E-state index is 13.4. The molecular weight excluding hydrogens is 398 g/mol. The molecule has 154 valence electrons. The Morgan fingerprint density at radius 1 is 1.03 bits per heavy atom. The summed E-state index contributed by atoms with van der Waals surface area (Å²) >= 11 is 0. The summed E-state index contributed by atoms with van der Waals surface area (Å²) in [6.45, 7) is 0.508. The fraction of sp³-hybridized carbons (Fsp3) is 0.0741. The van der Waals surface area contributed by atoms with E-state index < -0.39 is 0 Å². The average Bonchev–Trinajstić information content (AvgIpc) is 2.84. The quantitative estimate of drug-likeness (QED) is 0.433. The van der Waals surface area contributed by atoms with Crippen LogP contribution in [0.5, 0.6) is 5.75 Å². The second-order valence-corrected chi connectivity index (χ2v) is 7.09. The second-order valence-electron chi connectivity index (χ2n) is 7.09. The highest BCUT2D eigenvalue weighted by atomic mass is 16.5. The molecule has 3 aromatic carbocycles. The van der Waals surface area contributed by atoms with Crippen LogP contribution in [0.3, 0.4) is 0 Å². The van der Waals surface area contributed by atoms with E-state index in [4.69, 9.17) is 21.4 Å². The lowest BCUT2D eigenvalue weighted by Crippen LogP contribution is -2.24. The number of benzene rings is 3. The number of terminal acetylenes is 1. The van der Waals surface area contributed by atoms with Crippen LogP contribution in [0.4, 0.5) is 0 Å². The molecule has 5 nitrogen and oxygen atoms in total. The first kappa shape index (κ1) is 20.7. The predicted octanol–water partition coefficient (Wildman–Crippen LogP) is 4.50. The van der Waals surface area contributed by atoms with Crippen molar-refractivity contribution in [2.75, 3.05) is 6.61 Å². The minimum Gasteiger partial charge on any atom is -0.481 e. The highest BCUT2D eigenvalue weighted by Crippen LogP contribution is 2.19. The Labute approximate surface area is 185 Å². The van der Waals surface area contributed by atoms with Crippen LogP contribution in [0.1, 0.15) is 22.5 Å². The summed E-state index contributed by atoms with van der Waals surface area (Å²) in [6.07, 6.45) is 8.96. The van der Waals surface area contributed by atoms with E-state index in [1.54, 1.807) is 34.9 Å². The lowest BCUT2D eigenvalue weighted by molar-refractivity contribution is 0.371. The molecule has 1 heterocycles. The molecular formula is C27H19N3O2. The topological polar surface area (TPSA) is 67.9 Å². The highest BCUT2D eigenvalue weighted by molar-refractivity contribution is 5.81. The van der Waals surface area contributed by atoms with Crippen molar-refractivity contribution in [2.45, 2.75) is 6.54 Å². The van der Waals surface area contributed by atoms with E-state index >= 15 is 0 Å². The Morgan fingerprint density at radius 2 is 1.81 bits per heavy atom. The fourth-order valence-corrected chi connectivity index (χ4v) is 3.32. The molecule has 0 fully saturated rings. The Hall–Kier alpha value is -4.61. The van der Waals surface area contributed by atoms with Gasteiger partial charge in [-0.2, -0.15) is 5.26 Å². The number of nitrogens with zero attached hydrogens (tertiary/aromatic N) is 3. The van der Waals surface area contributed by atoms with Crippen LogP contribution in [-0.4, -0.2) is 16.2 Å². The molecule has 0 aliphatic heterocycles. The summed E-state index contributed by atoms with van der Waals surface area (Å²) in [6, 6.07) is 24.3. The lowest BCUT2D eigenvalue weighted by atomic mass is 10.1. The first-order valence-corrected chi connectivity index (χ1v) is 10.0. The van der Waals surface area contributed by atoms with E-state index in [1.165, 1.54) is 0 Å². The van der Waals surface area contributed by atoms with Gasteiger partial charge in [0.1, 0.15) is 18.2 Å². The van der Waals surface area contributed by atoms with Crippen LogP contribution < -0.4 is 10.3 Å². The molecule has 0 saturated carbocycles. The van der Waals surface area contributed by atoms with Crippen molar-refractivity contribution in [2.24, 2.45) is 0 Å². The van der Waals surface area contributed by atoms with Gasteiger partial charge in [-0.25, -0.2) is 4.98 Å². The van der Waals surface area contributed by atoms with Gasteiger partial charge in [-0.15, -0.1) is 6.42 Å². The Balaban J connectivity index is 1.80. The largest absolute Gasteiger partial charge is 0.481 e. The number of rotatable bonds is 6. The monoisotopic (exact) mass is 417 g/mol. The van der Waals surface area contributed by atoms with Gasteiger partial charge in [-0.3, -0.25) is 9.36 Å². The lowest BCUT2D eigenvalue weighted by Gasteiger charge is -2.12. The Morgan fingerprint density at radius 3 is 2.53 bits per heavy atom. The molecule has 0 amide bonds. The summed E-state index contributed by atoms with van der Waals surface area (Å²) in [5.41, 5.74) is 2.90. The summed E-state index contributed by atoms with van der Waals surface area (Å²) in [4.78, 5) is 18.2. The third-order valence-electron chi connectivity index (χ3n) is 4.93. The fourth-order valence-electron chi connectivity index (χ4n) is 3.32. The van der Waals surface area contributed by atoms with Crippen LogP contribution in [-0.2, 0) is 6.54 Å². The van der Waals surface area contributed by atoms with Crippen molar-refractivity contribution in [3.8, 4) is 24.2 Å². The SMILES string of the molecule is C#CCOc1ccc2nc(/C=C/c3ccc(C#N)cc3)n(Cc3ccccc3)c(=O)c2c1. The molecule has 4 aromatic rings. The third kappa shape index (κ3) is 4.59. The molecule has 4 rings (SSSR count). The molecule has 0 N–H and O–H groups in total. The maximum Gasteiger partial charge on any atom is 0.262 e. The standard InChI is InChI=1S/C27H19N3O2/c1-2-16-32-23-13-14-25-24(17-23)27(31)30(19-22-6-4-3-5-7-22)26(29-25)15-12-20-8-10-21(18-28)11-9-20/h1,3-15,17H,16,19H2/b15-12+. The zero-order valence-corrected chi connectivity index (χ0v) is 17.2. The smallest absolute Gasteiger partial charge is 0.262 e. The highest BCUT2D eigenvalue weighted by Gasteiger charge is 2.11. The minimum absolute atomic E-state index is 0.128. The molecule has 5 heteroatoms. The van der Waals surface area contributed by atoms with E-state index in [1.807, 2.05) is 54.6 Å². The molecule has 0 unspecified atom stereocenters. The van der Waals surface area contributed by atoms with Gasteiger partial charge in [0.25, 0.3) is 5.56 Å². The first-order valence-electron chi connectivity index (χ1n) is 10.0. The van der Waals surface area contributed by atoms with Crippen molar-refractivity contribution >= 4 is 23.1 Å². The van der Waals surface area contributed by atoms with Crippen LogP contribution in [0, 0.1) is 23.7 Å². The molecule has 0 aliphatic rings. The number of fused-ring (bicyclic) bond motifs is 1. The number of nitriles is 1. The van der Waals surface area contributed by atoms with Crippen LogP contribution in [0.2, 0.25) is 0 Å². The van der Waals surface area contributed by atoms with Gasteiger partial charge >= 0.3 is 0 Å².